The van der Waals surface area contributed by atoms with Gasteiger partial charge < -0.3 is 15.3 Å². The minimum Gasteiger partial charge on any atom is -0.396 e. The van der Waals surface area contributed by atoms with E-state index >= 15 is 0 Å². The van der Waals surface area contributed by atoms with Crippen LogP contribution in [-0.2, 0) is 9.59 Å². The highest BCUT2D eigenvalue weighted by molar-refractivity contribution is 5.89. The van der Waals surface area contributed by atoms with Crippen LogP contribution in [-0.4, -0.2) is 47.6 Å². The number of aliphatic hydroxyl groups is 1. The third-order valence-electron chi connectivity index (χ3n) is 3.49. The van der Waals surface area contributed by atoms with Crippen molar-refractivity contribution in [3.05, 3.63) is 0 Å². The molecule has 1 aliphatic rings. The summed E-state index contributed by atoms with van der Waals surface area (Å²) >= 11 is 0. The first-order chi connectivity index (χ1) is 8.97. The zero-order chi connectivity index (χ0) is 14.4. The highest BCUT2D eigenvalue weighted by Gasteiger charge is 2.34. The lowest BCUT2D eigenvalue weighted by molar-refractivity contribution is -0.129. The predicted octanol–water partition coefficient (Wildman–Crippen LogP) is 0.768. The van der Waals surface area contributed by atoms with Crippen molar-refractivity contribution in [1.82, 2.24) is 10.2 Å². The van der Waals surface area contributed by atoms with Gasteiger partial charge in [0, 0.05) is 32.2 Å². The van der Waals surface area contributed by atoms with Gasteiger partial charge in [0.15, 0.2) is 0 Å². The van der Waals surface area contributed by atoms with E-state index in [-0.39, 0.29) is 30.4 Å². The summed E-state index contributed by atoms with van der Waals surface area (Å²) in [6.45, 7) is 7.42. The standard InChI is InChI=1S/C14H26N2O3/c1-4-12(5-6-17)15-14(19)11-7-13(18)16(9-11)8-10(2)3/h10-12,17H,4-9H2,1-3H3,(H,15,19). The van der Waals surface area contributed by atoms with Gasteiger partial charge in [-0.3, -0.25) is 9.59 Å². The van der Waals surface area contributed by atoms with Crippen LogP contribution in [0, 0.1) is 11.8 Å². The maximum atomic E-state index is 12.1. The highest BCUT2D eigenvalue weighted by atomic mass is 16.3. The third-order valence-corrected chi connectivity index (χ3v) is 3.49. The van der Waals surface area contributed by atoms with Crippen LogP contribution in [0.3, 0.4) is 0 Å². The molecule has 0 aliphatic carbocycles. The number of carbonyl (C=O) groups is 2. The largest absolute Gasteiger partial charge is 0.396 e. The molecule has 1 fully saturated rings. The number of likely N-dealkylation sites (tertiary alicyclic amines) is 1. The van der Waals surface area contributed by atoms with Crippen LogP contribution >= 0.6 is 0 Å². The van der Waals surface area contributed by atoms with Crippen molar-refractivity contribution in [3.63, 3.8) is 0 Å². The first-order valence-corrected chi connectivity index (χ1v) is 7.16. The molecule has 0 saturated carbocycles. The Kier molecular flexibility index (Phi) is 6.28. The van der Waals surface area contributed by atoms with E-state index in [4.69, 9.17) is 5.11 Å². The lowest BCUT2D eigenvalue weighted by atomic mass is 10.1. The number of nitrogens with one attached hydrogen (secondary N) is 1. The average Bonchev–Trinajstić information content (AvgIpc) is 2.69. The summed E-state index contributed by atoms with van der Waals surface area (Å²) in [5.74, 6) is 0.200. The van der Waals surface area contributed by atoms with Gasteiger partial charge in [0.1, 0.15) is 0 Å². The molecule has 2 unspecified atom stereocenters. The van der Waals surface area contributed by atoms with Crippen molar-refractivity contribution in [2.45, 2.75) is 46.1 Å². The molecule has 1 rings (SSSR count). The minimum absolute atomic E-state index is 0.00625. The van der Waals surface area contributed by atoms with Crippen molar-refractivity contribution in [2.24, 2.45) is 11.8 Å². The lowest BCUT2D eigenvalue weighted by Gasteiger charge is -2.20. The number of nitrogens with zero attached hydrogens (tertiary/aromatic N) is 1. The summed E-state index contributed by atoms with van der Waals surface area (Å²) in [6, 6.07) is 0.00625. The molecular weight excluding hydrogens is 244 g/mol. The molecule has 1 aliphatic heterocycles. The molecule has 0 aromatic carbocycles. The Morgan fingerprint density at radius 1 is 1.53 bits per heavy atom. The van der Waals surface area contributed by atoms with Gasteiger partial charge in [0.05, 0.1) is 5.92 Å². The van der Waals surface area contributed by atoms with Crippen LogP contribution in [0.1, 0.15) is 40.0 Å². The molecule has 0 aromatic rings. The quantitative estimate of drug-likeness (QED) is 0.718. The Morgan fingerprint density at radius 3 is 2.74 bits per heavy atom. The highest BCUT2D eigenvalue weighted by Crippen LogP contribution is 2.19. The summed E-state index contributed by atoms with van der Waals surface area (Å²) in [6.07, 6.45) is 1.68. The smallest absolute Gasteiger partial charge is 0.225 e. The molecule has 19 heavy (non-hydrogen) atoms. The van der Waals surface area contributed by atoms with Crippen molar-refractivity contribution in [1.29, 1.82) is 0 Å². The van der Waals surface area contributed by atoms with Crippen molar-refractivity contribution >= 4 is 11.8 Å². The second kappa shape index (κ2) is 7.48. The normalized spacial score (nSPS) is 21.0. The topological polar surface area (TPSA) is 69.6 Å². The first kappa shape index (κ1) is 16.0. The van der Waals surface area contributed by atoms with Crippen molar-refractivity contribution in [2.75, 3.05) is 19.7 Å². The number of amides is 2. The maximum Gasteiger partial charge on any atom is 0.225 e. The average molecular weight is 270 g/mol. The van der Waals surface area contributed by atoms with Crippen LogP contribution in [0.25, 0.3) is 0 Å². The summed E-state index contributed by atoms with van der Waals surface area (Å²) in [5, 5.41) is 11.8. The molecular formula is C14H26N2O3. The molecule has 1 heterocycles. The number of carbonyl (C=O) groups excluding carboxylic acids is 2. The van der Waals surface area contributed by atoms with Gasteiger partial charge >= 0.3 is 0 Å². The fourth-order valence-corrected chi connectivity index (χ4v) is 2.42. The van der Waals surface area contributed by atoms with Gasteiger partial charge in [-0.2, -0.15) is 0 Å². The van der Waals surface area contributed by atoms with Crippen LogP contribution in [0.2, 0.25) is 0 Å². The number of rotatable bonds is 7. The fourth-order valence-electron chi connectivity index (χ4n) is 2.42. The molecule has 0 spiro atoms. The molecule has 2 amide bonds. The van der Waals surface area contributed by atoms with E-state index < -0.39 is 0 Å². The fraction of sp³-hybridized carbons (Fsp3) is 0.857. The number of aliphatic hydroxyl groups excluding tert-OH is 1. The lowest BCUT2D eigenvalue weighted by Crippen LogP contribution is -2.40. The van der Waals surface area contributed by atoms with E-state index in [1.165, 1.54) is 0 Å². The van der Waals surface area contributed by atoms with E-state index in [1.807, 2.05) is 6.92 Å². The molecule has 5 heteroatoms. The van der Waals surface area contributed by atoms with Gasteiger partial charge in [-0.25, -0.2) is 0 Å². The number of hydrogen-bond donors (Lipinski definition) is 2. The Hall–Kier alpha value is -1.10. The van der Waals surface area contributed by atoms with E-state index in [2.05, 4.69) is 19.2 Å². The van der Waals surface area contributed by atoms with E-state index in [9.17, 15) is 9.59 Å². The minimum atomic E-state index is -0.237. The summed E-state index contributed by atoms with van der Waals surface area (Å²) in [5.41, 5.74) is 0. The molecule has 0 aromatic heterocycles. The monoisotopic (exact) mass is 270 g/mol. The molecule has 5 nitrogen and oxygen atoms in total. The van der Waals surface area contributed by atoms with Crippen LogP contribution < -0.4 is 5.32 Å². The van der Waals surface area contributed by atoms with E-state index in [1.54, 1.807) is 4.90 Å². The van der Waals surface area contributed by atoms with Crippen molar-refractivity contribution < 1.29 is 14.7 Å². The van der Waals surface area contributed by atoms with Crippen LogP contribution in [0.4, 0.5) is 0 Å². The second-order valence-electron chi connectivity index (χ2n) is 5.72. The SMILES string of the molecule is CCC(CCO)NC(=O)C1CC(=O)N(CC(C)C)C1. The molecule has 2 atom stereocenters. The molecule has 2 N–H and O–H groups in total. The Balaban J connectivity index is 2.48. The second-order valence-corrected chi connectivity index (χ2v) is 5.72. The van der Waals surface area contributed by atoms with Gasteiger partial charge in [0.2, 0.25) is 11.8 Å². The van der Waals surface area contributed by atoms with Crippen molar-refractivity contribution in [3.8, 4) is 0 Å². The Bertz CT molecular complexity index is 318. The zero-order valence-electron chi connectivity index (χ0n) is 12.2. The predicted molar refractivity (Wildman–Crippen MR) is 73.4 cm³/mol. The summed E-state index contributed by atoms with van der Waals surface area (Å²) < 4.78 is 0. The summed E-state index contributed by atoms with van der Waals surface area (Å²) in [4.78, 5) is 25.7. The van der Waals surface area contributed by atoms with Gasteiger partial charge in [0.25, 0.3) is 0 Å². The molecule has 1 saturated heterocycles. The molecule has 0 radical (unpaired) electrons. The molecule has 110 valence electrons. The third kappa shape index (κ3) is 4.82. The van der Waals surface area contributed by atoms with Crippen LogP contribution in [0.15, 0.2) is 0 Å². The van der Waals surface area contributed by atoms with E-state index in [0.29, 0.717) is 25.3 Å². The Morgan fingerprint density at radius 2 is 2.21 bits per heavy atom. The summed E-state index contributed by atoms with van der Waals surface area (Å²) in [7, 11) is 0. The van der Waals surface area contributed by atoms with E-state index in [0.717, 1.165) is 13.0 Å². The Labute approximate surface area is 115 Å². The molecule has 0 bridgehead atoms. The zero-order valence-corrected chi connectivity index (χ0v) is 12.2. The maximum absolute atomic E-state index is 12.1. The number of hydrogen-bond acceptors (Lipinski definition) is 3. The van der Waals surface area contributed by atoms with Gasteiger partial charge in [-0.1, -0.05) is 20.8 Å². The van der Waals surface area contributed by atoms with Gasteiger partial charge in [-0.15, -0.1) is 0 Å². The van der Waals surface area contributed by atoms with Gasteiger partial charge in [-0.05, 0) is 18.8 Å². The first-order valence-electron chi connectivity index (χ1n) is 7.16. The van der Waals surface area contributed by atoms with Crippen LogP contribution in [0.5, 0.6) is 0 Å².